The second-order valence-corrected chi connectivity index (χ2v) is 8.98. The molecule has 0 saturated heterocycles. The van der Waals surface area contributed by atoms with Crippen LogP contribution in [0.3, 0.4) is 0 Å². The van der Waals surface area contributed by atoms with E-state index in [0.717, 1.165) is 32.5 Å². The normalized spacial score (nSPS) is 12.6. The van der Waals surface area contributed by atoms with Gasteiger partial charge in [0.15, 0.2) is 0 Å². The monoisotopic (exact) mass is 328 g/mol. The third-order valence-electron chi connectivity index (χ3n) is 3.56. The summed E-state index contributed by atoms with van der Waals surface area (Å²) in [6.45, 7) is 16.1. The molecule has 0 aliphatic rings. The van der Waals surface area contributed by atoms with Gasteiger partial charge in [-0.1, -0.05) is 48.0 Å². The van der Waals surface area contributed by atoms with Gasteiger partial charge in [0.25, 0.3) is 0 Å². The fourth-order valence-corrected chi connectivity index (χ4v) is 2.39. The number of hydrogen-bond donors (Lipinski definition) is 0. The second-order valence-electron chi connectivity index (χ2n) is 8.98. The zero-order chi connectivity index (χ0) is 17.8. The van der Waals surface area contributed by atoms with E-state index in [1.807, 2.05) is 0 Å². The molecule has 0 bridgehead atoms. The van der Waals surface area contributed by atoms with Gasteiger partial charge in [0.1, 0.15) is 5.78 Å². The number of hydrogen-bond acceptors (Lipinski definition) is 3. The SMILES string of the molecule is CC(C)(C)CCCCOCCOCCCCC(=O)CC(C)(C)C. The average molecular weight is 329 g/mol. The summed E-state index contributed by atoms with van der Waals surface area (Å²) in [5.41, 5.74) is 0.537. The number of ketones is 1. The molecule has 0 unspecified atom stereocenters. The lowest BCUT2D eigenvalue weighted by atomic mass is 9.88. The highest BCUT2D eigenvalue weighted by Crippen LogP contribution is 2.21. The first-order valence-corrected chi connectivity index (χ1v) is 9.27. The van der Waals surface area contributed by atoms with Gasteiger partial charge < -0.3 is 9.47 Å². The molecule has 0 fully saturated rings. The van der Waals surface area contributed by atoms with Gasteiger partial charge in [0, 0.05) is 26.1 Å². The van der Waals surface area contributed by atoms with E-state index >= 15 is 0 Å². The Bertz CT molecular complexity index is 297. The molecule has 138 valence electrons. The van der Waals surface area contributed by atoms with E-state index < -0.39 is 0 Å². The first-order chi connectivity index (χ1) is 10.6. The fraction of sp³-hybridized carbons (Fsp3) is 0.950. The van der Waals surface area contributed by atoms with Gasteiger partial charge in [-0.3, -0.25) is 4.79 Å². The third-order valence-corrected chi connectivity index (χ3v) is 3.56. The Kier molecular flexibility index (Phi) is 11.8. The van der Waals surface area contributed by atoms with Gasteiger partial charge in [0.05, 0.1) is 13.2 Å². The van der Waals surface area contributed by atoms with Crippen LogP contribution in [0.2, 0.25) is 0 Å². The maximum atomic E-state index is 11.7. The Hall–Kier alpha value is -0.410. The van der Waals surface area contributed by atoms with E-state index in [1.54, 1.807) is 0 Å². The van der Waals surface area contributed by atoms with Gasteiger partial charge in [-0.05, 0) is 36.5 Å². The molecule has 0 saturated carbocycles. The van der Waals surface area contributed by atoms with Crippen LogP contribution in [0.25, 0.3) is 0 Å². The molecule has 0 radical (unpaired) electrons. The highest BCUT2D eigenvalue weighted by molar-refractivity contribution is 5.78. The Balaban J connectivity index is 3.24. The Labute approximate surface area is 144 Å². The second kappa shape index (κ2) is 12.0. The van der Waals surface area contributed by atoms with Crippen molar-refractivity contribution in [2.45, 2.75) is 86.5 Å². The summed E-state index contributed by atoms with van der Waals surface area (Å²) in [6, 6.07) is 0. The predicted molar refractivity (Wildman–Crippen MR) is 97.9 cm³/mol. The lowest BCUT2D eigenvalue weighted by Crippen LogP contribution is -2.13. The maximum Gasteiger partial charge on any atom is 0.133 e. The van der Waals surface area contributed by atoms with Gasteiger partial charge in [-0.2, -0.15) is 0 Å². The van der Waals surface area contributed by atoms with Crippen molar-refractivity contribution in [3.05, 3.63) is 0 Å². The molecule has 0 amide bonds. The summed E-state index contributed by atoms with van der Waals surface area (Å²) in [5, 5.41) is 0. The van der Waals surface area contributed by atoms with Crippen molar-refractivity contribution in [2.24, 2.45) is 10.8 Å². The van der Waals surface area contributed by atoms with E-state index in [4.69, 9.17) is 9.47 Å². The molecule has 3 heteroatoms. The van der Waals surface area contributed by atoms with Crippen molar-refractivity contribution in [3.63, 3.8) is 0 Å². The highest BCUT2D eigenvalue weighted by atomic mass is 16.5. The summed E-state index contributed by atoms with van der Waals surface area (Å²) in [4.78, 5) is 11.7. The molecule has 0 spiro atoms. The first-order valence-electron chi connectivity index (χ1n) is 9.27. The van der Waals surface area contributed by atoms with Gasteiger partial charge in [0.2, 0.25) is 0 Å². The zero-order valence-electron chi connectivity index (χ0n) is 16.5. The third kappa shape index (κ3) is 19.5. The summed E-state index contributed by atoms with van der Waals surface area (Å²) in [6.07, 6.45) is 6.87. The van der Waals surface area contributed by atoms with E-state index in [9.17, 15) is 4.79 Å². The van der Waals surface area contributed by atoms with Crippen LogP contribution in [0.1, 0.15) is 86.5 Å². The Morgan fingerprint density at radius 1 is 0.696 bits per heavy atom. The molecule has 23 heavy (non-hydrogen) atoms. The Morgan fingerprint density at radius 3 is 1.70 bits per heavy atom. The molecule has 0 aromatic heterocycles. The molecule has 0 heterocycles. The van der Waals surface area contributed by atoms with Crippen molar-refractivity contribution in [3.8, 4) is 0 Å². The minimum atomic E-state index is 0.109. The fourth-order valence-electron chi connectivity index (χ4n) is 2.39. The number of ether oxygens (including phenoxy) is 2. The number of unbranched alkanes of at least 4 members (excludes halogenated alkanes) is 2. The van der Waals surface area contributed by atoms with Crippen LogP contribution in [0.5, 0.6) is 0 Å². The van der Waals surface area contributed by atoms with E-state index in [1.165, 1.54) is 12.8 Å². The standard InChI is InChI=1S/C20H40O3/c1-19(2,3)12-8-10-14-23-16-15-22-13-9-7-11-18(21)17-20(4,5)6/h7-17H2,1-6H3. The highest BCUT2D eigenvalue weighted by Gasteiger charge is 2.15. The molecule has 0 aliphatic carbocycles. The van der Waals surface area contributed by atoms with E-state index in [2.05, 4.69) is 41.5 Å². The lowest BCUT2D eigenvalue weighted by molar-refractivity contribution is -0.120. The van der Waals surface area contributed by atoms with Gasteiger partial charge >= 0.3 is 0 Å². The van der Waals surface area contributed by atoms with Crippen LogP contribution >= 0.6 is 0 Å². The van der Waals surface area contributed by atoms with E-state index in [0.29, 0.717) is 37.3 Å². The predicted octanol–water partition coefficient (Wildman–Crippen LogP) is 5.41. The van der Waals surface area contributed by atoms with Crippen LogP contribution in [-0.2, 0) is 14.3 Å². The number of carbonyl (C=O) groups excluding carboxylic acids is 1. The number of carbonyl (C=O) groups is 1. The van der Waals surface area contributed by atoms with Crippen LogP contribution in [0, 0.1) is 10.8 Å². The quantitative estimate of drug-likeness (QED) is 0.424. The minimum absolute atomic E-state index is 0.109. The molecule has 0 aromatic carbocycles. The summed E-state index contributed by atoms with van der Waals surface area (Å²) >= 11 is 0. The average Bonchev–Trinajstić information content (AvgIpc) is 2.36. The topological polar surface area (TPSA) is 35.5 Å². The van der Waals surface area contributed by atoms with Crippen LogP contribution in [-0.4, -0.2) is 32.2 Å². The van der Waals surface area contributed by atoms with Crippen LogP contribution < -0.4 is 0 Å². The van der Waals surface area contributed by atoms with Gasteiger partial charge in [-0.15, -0.1) is 0 Å². The van der Waals surface area contributed by atoms with Crippen LogP contribution in [0.15, 0.2) is 0 Å². The minimum Gasteiger partial charge on any atom is -0.379 e. The Morgan fingerprint density at radius 2 is 1.22 bits per heavy atom. The number of Topliss-reactive ketones (excluding diaryl/α,β-unsaturated/α-hetero) is 1. The van der Waals surface area contributed by atoms with Crippen molar-refractivity contribution < 1.29 is 14.3 Å². The summed E-state index contributed by atoms with van der Waals surface area (Å²) < 4.78 is 11.1. The molecule has 3 nitrogen and oxygen atoms in total. The maximum absolute atomic E-state index is 11.7. The molecule has 0 rings (SSSR count). The lowest BCUT2D eigenvalue weighted by Gasteiger charge is -2.17. The molecular weight excluding hydrogens is 288 g/mol. The van der Waals surface area contributed by atoms with Crippen LogP contribution in [0.4, 0.5) is 0 Å². The van der Waals surface area contributed by atoms with Crippen molar-refractivity contribution in [1.82, 2.24) is 0 Å². The van der Waals surface area contributed by atoms with Crippen molar-refractivity contribution >= 4 is 5.78 Å². The van der Waals surface area contributed by atoms with Crippen molar-refractivity contribution in [1.29, 1.82) is 0 Å². The molecule has 0 aliphatic heterocycles. The number of rotatable bonds is 13. The first kappa shape index (κ1) is 22.6. The molecule has 0 aromatic rings. The molecule has 0 atom stereocenters. The molecule has 0 N–H and O–H groups in total. The van der Waals surface area contributed by atoms with Crippen molar-refractivity contribution in [2.75, 3.05) is 26.4 Å². The van der Waals surface area contributed by atoms with Gasteiger partial charge in [-0.25, -0.2) is 0 Å². The zero-order valence-corrected chi connectivity index (χ0v) is 16.5. The molecular formula is C20H40O3. The van der Waals surface area contributed by atoms with E-state index in [-0.39, 0.29) is 5.41 Å². The largest absolute Gasteiger partial charge is 0.379 e. The smallest absolute Gasteiger partial charge is 0.133 e. The summed E-state index contributed by atoms with van der Waals surface area (Å²) in [7, 11) is 0. The summed E-state index contributed by atoms with van der Waals surface area (Å²) in [5.74, 6) is 0.371.